The minimum atomic E-state index is -1.16. The Balaban J connectivity index is 2.36. The molecule has 8 heteroatoms. The molecule has 1 amide bonds. The number of ether oxygens (including phenoxy) is 1. The first-order valence-electron chi connectivity index (χ1n) is 6.92. The molecule has 2 aromatic rings. The van der Waals surface area contributed by atoms with E-state index in [1.165, 1.54) is 18.2 Å². The van der Waals surface area contributed by atoms with Crippen molar-refractivity contribution in [1.29, 1.82) is 0 Å². The van der Waals surface area contributed by atoms with Gasteiger partial charge in [-0.3, -0.25) is 10.1 Å². The van der Waals surface area contributed by atoms with Crippen LogP contribution in [0.2, 0.25) is 5.02 Å². The Morgan fingerprint density at radius 3 is 2.62 bits per heavy atom. The Morgan fingerprint density at radius 2 is 2.00 bits per heavy atom. The molecule has 0 radical (unpaired) electrons. The number of nitro benzene ring substituents is 1. The molecule has 0 heterocycles. The number of benzene rings is 2. The summed E-state index contributed by atoms with van der Waals surface area (Å²) in [6, 6.07) is 10.7. The van der Waals surface area contributed by atoms with Gasteiger partial charge < -0.3 is 15.2 Å². The molecule has 0 bridgehead atoms. The highest BCUT2D eigenvalue weighted by Gasteiger charge is 2.23. The number of amides is 1. The second-order valence-electron chi connectivity index (χ2n) is 5.55. The Kier molecular flexibility index (Phi) is 4.94. The van der Waals surface area contributed by atoms with Crippen molar-refractivity contribution in [2.24, 2.45) is 0 Å². The van der Waals surface area contributed by atoms with Crippen molar-refractivity contribution in [1.82, 2.24) is 5.32 Å². The summed E-state index contributed by atoms with van der Waals surface area (Å²) < 4.78 is 5.59. The fourth-order valence-electron chi connectivity index (χ4n) is 2.14. The average Bonchev–Trinajstić information content (AvgIpc) is 2.46. The third-order valence-electron chi connectivity index (χ3n) is 3.32. The van der Waals surface area contributed by atoms with Gasteiger partial charge in [0.15, 0.2) is 0 Å². The van der Waals surface area contributed by atoms with Crippen LogP contribution in [0.4, 0.5) is 10.5 Å². The summed E-state index contributed by atoms with van der Waals surface area (Å²) in [5.74, 6) is 0.340. The number of nitro groups is 1. The van der Waals surface area contributed by atoms with Crippen LogP contribution in [0, 0.1) is 10.1 Å². The molecular formula is C16H15ClN2O5. The van der Waals surface area contributed by atoms with Crippen LogP contribution >= 0.6 is 11.6 Å². The van der Waals surface area contributed by atoms with Gasteiger partial charge in [0, 0.05) is 17.2 Å². The summed E-state index contributed by atoms with van der Waals surface area (Å²) >= 11 is 5.87. The van der Waals surface area contributed by atoms with Crippen molar-refractivity contribution in [2.45, 2.75) is 19.4 Å². The SMILES string of the molecule is CC(C)(NC(=O)O)c1cccc(Oc2cc(Cl)ccc2[N+](=O)[O-])c1. The number of nitrogens with zero attached hydrogens (tertiary/aromatic N) is 1. The van der Waals surface area contributed by atoms with E-state index in [2.05, 4.69) is 5.32 Å². The van der Waals surface area contributed by atoms with E-state index in [9.17, 15) is 14.9 Å². The third-order valence-corrected chi connectivity index (χ3v) is 3.56. The molecule has 0 fully saturated rings. The summed E-state index contributed by atoms with van der Waals surface area (Å²) in [5.41, 5.74) is -0.425. The summed E-state index contributed by atoms with van der Waals surface area (Å²) in [6.45, 7) is 3.39. The van der Waals surface area contributed by atoms with Crippen LogP contribution in [0.25, 0.3) is 0 Å². The van der Waals surface area contributed by atoms with Gasteiger partial charge in [-0.2, -0.15) is 0 Å². The normalized spacial score (nSPS) is 11.0. The molecule has 0 saturated carbocycles. The molecular weight excluding hydrogens is 336 g/mol. The third kappa shape index (κ3) is 4.14. The number of carboxylic acid groups (broad SMARTS) is 1. The van der Waals surface area contributed by atoms with E-state index in [4.69, 9.17) is 21.4 Å². The van der Waals surface area contributed by atoms with Crippen LogP contribution in [0.5, 0.6) is 11.5 Å². The molecule has 2 aromatic carbocycles. The maximum atomic E-state index is 11.1. The number of hydrogen-bond acceptors (Lipinski definition) is 4. The van der Waals surface area contributed by atoms with E-state index in [1.807, 2.05) is 0 Å². The molecule has 0 aliphatic carbocycles. The van der Waals surface area contributed by atoms with Crippen molar-refractivity contribution < 1.29 is 19.6 Å². The maximum absolute atomic E-state index is 11.1. The van der Waals surface area contributed by atoms with Crippen LogP contribution in [0.15, 0.2) is 42.5 Å². The number of hydrogen-bond donors (Lipinski definition) is 2. The average molecular weight is 351 g/mol. The van der Waals surface area contributed by atoms with Gasteiger partial charge in [-0.25, -0.2) is 4.79 Å². The zero-order valence-corrected chi connectivity index (χ0v) is 13.7. The standard InChI is InChI=1S/C16H15ClN2O5/c1-16(2,18-15(20)21)10-4-3-5-12(8-10)24-14-9-11(17)6-7-13(14)19(22)23/h3-9,18H,1-2H3,(H,20,21). The Hall–Kier alpha value is -2.80. The highest BCUT2D eigenvalue weighted by Crippen LogP contribution is 2.34. The highest BCUT2D eigenvalue weighted by molar-refractivity contribution is 6.30. The quantitative estimate of drug-likeness (QED) is 0.608. The fraction of sp³-hybridized carbons (Fsp3) is 0.188. The second kappa shape index (κ2) is 6.76. The molecule has 0 aliphatic heterocycles. The van der Waals surface area contributed by atoms with Crippen molar-refractivity contribution in [3.8, 4) is 11.5 Å². The van der Waals surface area contributed by atoms with Gasteiger partial charge in [0.1, 0.15) is 5.75 Å². The summed E-state index contributed by atoms with van der Waals surface area (Å²) in [4.78, 5) is 21.4. The lowest BCUT2D eigenvalue weighted by Crippen LogP contribution is -2.40. The molecule has 0 aliphatic rings. The Bertz CT molecular complexity index is 792. The summed E-state index contributed by atoms with van der Waals surface area (Å²) in [5, 5.41) is 22.7. The van der Waals surface area contributed by atoms with E-state index in [1.54, 1.807) is 38.1 Å². The molecule has 126 valence electrons. The van der Waals surface area contributed by atoms with E-state index in [0.717, 1.165) is 0 Å². The lowest BCUT2D eigenvalue weighted by Gasteiger charge is -2.25. The zero-order chi connectivity index (χ0) is 17.9. The van der Waals surface area contributed by atoms with Gasteiger partial charge in [-0.1, -0.05) is 23.7 Å². The first kappa shape index (κ1) is 17.6. The monoisotopic (exact) mass is 350 g/mol. The van der Waals surface area contributed by atoms with Crippen LogP contribution in [0.3, 0.4) is 0 Å². The molecule has 2 rings (SSSR count). The van der Waals surface area contributed by atoms with Crippen LogP contribution in [-0.4, -0.2) is 16.1 Å². The zero-order valence-electron chi connectivity index (χ0n) is 12.9. The fourth-order valence-corrected chi connectivity index (χ4v) is 2.30. The van der Waals surface area contributed by atoms with E-state index < -0.39 is 16.6 Å². The second-order valence-corrected chi connectivity index (χ2v) is 5.99. The van der Waals surface area contributed by atoms with Gasteiger partial charge in [0.05, 0.1) is 10.5 Å². The Labute approximate surface area is 143 Å². The predicted molar refractivity (Wildman–Crippen MR) is 88.8 cm³/mol. The molecule has 0 aromatic heterocycles. The number of carbonyl (C=O) groups is 1. The van der Waals surface area contributed by atoms with Crippen molar-refractivity contribution in [3.63, 3.8) is 0 Å². The van der Waals surface area contributed by atoms with Crippen molar-refractivity contribution in [3.05, 3.63) is 63.2 Å². The molecule has 0 spiro atoms. The van der Waals surface area contributed by atoms with Gasteiger partial charge in [0.2, 0.25) is 5.75 Å². The van der Waals surface area contributed by atoms with Crippen molar-refractivity contribution in [2.75, 3.05) is 0 Å². The Morgan fingerprint density at radius 1 is 1.29 bits per heavy atom. The van der Waals surface area contributed by atoms with Crippen LogP contribution in [-0.2, 0) is 5.54 Å². The van der Waals surface area contributed by atoms with Gasteiger partial charge in [-0.15, -0.1) is 0 Å². The molecule has 2 N–H and O–H groups in total. The maximum Gasteiger partial charge on any atom is 0.405 e. The number of nitrogens with one attached hydrogen (secondary N) is 1. The molecule has 0 saturated heterocycles. The smallest absolute Gasteiger partial charge is 0.405 e. The number of rotatable bonds is 5. The summed E-state index contributed by atoms with van der Waals surface area (Å²) in [6.07, 6.45) is -1.16. The number of halogens is 1. The van der Waals surface area contributed by atoms with Gasteiger partial charge in [0.25, 0.3) is 0 Å². The highest BCUT2D eigenvalue weighted by atomic mass is 35.5. The van der Waals surface area contributed by atoms with E-state index in [-0.39, 0.29) is 11.4 Å². The summed E-state index contributed by atoms with van der Waals surface area (Å²) in [7, 11) is 0. The molecule has 7 nitrogen and oxygen atoms in total. The van der Waals surface area contributed by atoms with Crippen molar-refractivity contribution >= 4 is 23.4 Å². The largest absolute Gasteiger partial charge is 0.465 e. The molecule has 0 unspecified atom stereocenters. The lowest BCUT2D eigenvalue weighted by molar-refractivity contribution is -0.385. The van der Waals surface area contributed by atoms with E-state index in [0.29, 0.717) is 16.3 Å². The minimum absolute atomic E-state index is 0.00801. The first-order chi connectivity index (χ1) is 11.2. The molecule has 24 heavy (non-hydrogen) atoms. The van der Waals surface area contributed by atoms with Gasteiger partial charge in [-0.05, 0) is 37.6 Å². The van der Waals surface area contributed by atoms with E-state index >= 15 is 0 Å². The topological polar surface area (TPSA) is 102 Å². The minimum Gasteiger partial charge on any atom is -0.465 e. The first-order valence-corrected chi connectivity index (χ1v) is 7.30. The van der Waals surface area contributed by atoms with Crippen LogP contribution < -0.4 is 10.1 Å². The lowest BCUT2D eigenvalue weighted by atomic mass is 9.94. The van der Waals surface area contributed by atoms with Gasteiger partial charge >= 0.3 is 11.8 Å². The van der Waals surface area contributed by atoms with Crippen LogP contribution in [0.1, 0.15) is 19.4 Å². The molecule has 0 atom stereocenters. The predicted octanol–water partition coefficient (Wildman–Crippen LogP) is 4.54.